The van der Waals surface area contributed by atoms with E-state index in [1.165, 1.54) is 0 Å². The minimum absolute atomic E-state index is 0.00701. The molecular weight excluding hydrogens is 354 g/mol. The molecule has 3 heterocycles. The van der Waals surface area contributed by atoms with Crippen molar-refractivity contribution in [2.75, 3.05) is 13.2 Å². The van der Waals surface area contributed by atoms with Crippen molar-refractivity contribution in [2.45, 2.75) is 32.4 Å². The summed E-state index contributed by atoms with van der Waals surface area (Å²) in [6, 6.07) is 11.2. The van der Waals surface area contributed by atoms with Crippen molar-refractivity contribution in [3.8, 4) is 0 Å². The smallest absolute Gasteiger partial charge is 0.254 e. The van der Waals surface area contributed by atoms with Crippen LogP contribution in [0.3, 0.4) is 0 Å². The lowest BCUT2D eigenvalue weighted by molar-refractivity contribution is 0.0506. The molecule has 2 aromatic heterocycles. The number of H-pyrrole nitrogens is 1. The Labute approximate surface area is 163 Å². The van der Waals surface area contributed by atoms with E-state index in [4.69, 9.17) is 4.74 Å². The average Bonchev–Trinajstić information content (AvgIpc) is 3.21. The number of aromatic nitrogens is 2. The molecule has 144 valence electrons. The molecule has 0 radical (unpaired) electrons. The minimum Gasteiger partial charge on any atom is -0.376 e. The Morgan fingerprint density at radius 3 is 2.82 bits per heavy atom. The van der Waals surface area contributed by atoms with Crippen molar-refractivity contribution in [3.63, 3.8) is 0 Å². The topological polar surface area (TPSA) is 75.3 Å². The highest BCUT2D eigenvalue weighted by Gasteiger charge is 2.24. The lowest BCUT2D eigenvalue weighted by atomic mass is 10.1. The van der Waals surface area contributed by atoms with E-state index in [0.29, 0.717) is 17.7 Å². The van der Waals surface area contributed by atoms with Crippen molar-refractivity contribution in [1.29, 1.82) is 0 Å². The molecule has 1 aromatic carbocycles. The maximum Gasteiger partial charge on any atom is 0.254 e. The number of carbonyl (C=O) groups is 1. The predicted molar refractivity (Wildman–Crippen MR) is 107 cm³/mol. The van der Waals surface area contributed by atoms with Crippen LogP contribution in [0.15, 0.2) is 53.6 Å². The van der Waals surface area contributed by atoms with Crippen LogP contribution >= 0.6 is 0 Å². The normalized spacial score (nSPS) is 16.4. The number of pyridine rings is 2. The Balaban J connectivity index is 1.66. The molecule has 1 amide bonds. The molecule has 1 aliphatic rings. The maximum atomic E-state index is 13.1. The van der Waals surface area contributed by atoms with Gasteiger partial charge >= 0.3 is 0 Å². The van der Waals surface area contributed by atoms with Crippen LogP contribution in [0.4, 0.5) is 0 Å². The first-order chi connectivity index (χ1) is 13.6. The summed E-state index contributed by atoms with van der Waals surface area (Å²) >= 11 is 0. The van der Waals surface area contributed by atoms with Crippen molar-refractivity contribution >= 4 is 16.8 Å². The second-order valence-electron chi connectivity index (χ2n) is 7.27. The third-order valence-corrected chi connectivity index (χ3v) is 5.10. The number of aromatic amines is 1. The van der Waals surface area contributed by atoms with Gasteiger partial charge in [-0.05, 0) is 55.5 Å². The van der Waals surface area contributed by atoms with Gasteiger partial charge in [0, 0.05) is 42.2 Å². The number of nitrogens with zero attached hydrogens (tertiary/aromatic N) is 2. The Morgan fingerprint density at radius 1 is 1.25 bits per heavy atom. The van der Waals surface area contributed by atoms with Gasteiger partial charge in [-0.2, -0.15) is 0 Å². The van der Waals surface area contributed by atoms with Gasteiger partial charge in [-0.3, -0.25) is 14.6 Å². The van der Waals surface area contributed by atoms with Gasteiger partial charge in [0.05, 0.1) is 12.6 Å². The van der Waals surface area contributed by atoms with Crippen LogP contribution in [0.25, 0.3) is 10.9 Å². The second kappa shape index (κ2) is 7.94. The summed E-state index contributed by atoms with van der Waals surface area (Å²) in [5.41, 5.74) is 2.87. The van der Waals surface area contributed by atoms with Crippen LogP contribution in [0, 0.1) is 6.92 Å². The van der Waals surface area contributed by atoms with E-state index in [2.05, 4.69) is 9.97 Å². The zero-order valence-electron chi connectivity index (χ0n) is 15.9. The second-order valence-corrected chi connectivity index (χ2v) is 7.27. The van der Waals surface area contributed by atoms with E-state index in [9.17, 15) is 9.59 Å². The molecule has 3 aromatic rings. The molecule has 1 saturated heterocycles. The molecule has 1 aliphatic heterocycles. The molecule has 0 unspecified atom stereocenters. The van der Waals surface area contributed by atoms with Crippen LogP contribution in [0.5, 0.6) is 0 Å². The third kappa shape index (κ3) is 3.97. The van der Waals surface area contributed by atoms with Gasteiger partial charge in [-0.15, -0.1) is 0 Å². The number of ether oxygens (including phenoxy) is 1. The fraction of sp³-hybridized carbons (Fsp3) is 0.318. The van der Waals surface area contributed by atoms with Gasteiger partial charge in [0.25, 0.3) is 11.5 Å². The van der Waals surface area contributed by atoms with Crippen LogP contribution in [-0.2, 0) is 11.3 Å². The molecule has 0 bridgehead atoms. The zero-order chi connectivity index (χ0) is 19.5. The van der Waals surface area contributed by atoms with E-state index in [-0.39, 0.29) is 24.1 Å². The van der Waals surface area contributed by atoms with Crippen molar-refractivity contribution in [1.82, 2.24) is 14.9 Å². The number of fused-ring (bicyclic) bond motifs is 1. The summed E-state index contributed by atoms with van der Waals surface area (Å²) < 4.78 is 5.73. The van der Waals surface area contributed by atoms with E-state index < -0.39 is 0 Å². The van der Waals surface area contributed by atoms with Gasteiger partial charge in [-0.1, -0.05) is 11.6 Å². The zero-order valence-corrected chi connectivity index (χ0v) is 15.9. The van der Waals surface area contributed by atoms with E-state index in [1.807, 2.05) is 31.2 Å². The third-order valence-electron chi connectivity index (χ3n) is 5.10. The van der Waals surface area contributed by atoms with Crippen LogP contribution in [0.2, 0.25) is 0 Å². The largest absolute Gasteiger partial charge is 0.376 e. The Morgan fingerprint density at radius 2 is 2.07 bits per heavy atom. The summed E-state index contributed by atoms with van der Waals surface area (Å²) in [7, 11) is 0. The number of rotatable bonds is 5. The first-order valence-electron chi connectivity index (χ1n) is 9.53. The lowest BCUT2D eigenvalue weighted by Gasteiger charge is -2.25. The first kappa shape index (κ1) is 18.4. The summed E-state index contributed by atoms with van der Waals surface area (Å²) in [6.45, 7) is 3.44. The summed E-state index contributed by atoms with van der Waals surface area (Å²) in [6.07, 6.45) is 5.13. The highest BCUT2D eigenvalue weighted by Crippen LogP contribution is 2.18. The molecule has 0 spiro atoms. The van der Waals surface area contributed by atoms with Crippen LogP contribution in [0.1, 0.15) is 34.3 Å². The monoisotopic (exact) mass is 377 g/mol. The number of carbonyl (C=O) groups excluding carboxylic acids is 1. The maximum absolute atomic E-state index is 13.1. The Bertz CT molecular complexity index is 1040. The van der Waals surface area contributed by atoms with Gasteiger partial charge in [0.2, 0.25) is 0 Å². The molecule has 28 heavy (non-hydrogen) atoms. The van der Waals surface area contributed by atoms with E-state index in [1.54, 1.807) is 29.4 Å². The lowest BCUT2D eigenvalue weighted by Crippen LogP contribution is -2.38. The predicted octanol–water partition coefficient (Wildman–Crippen LogP) is 3.05. The number of nitrogens with one attached hydrogen (secondary N) is 1. The molecule has 1 atom stereocenters. The number of hydrogen-bond acceptors (Lipinski definition) is 4. The van der Waals surface area contributed by atoms with Crippen molar-refractivity contribution in [3.05, 3.63) is 75.8 Å². The Kier molecular flexibility index (Phi) is 5.21. The molecular formula is C22H23N3O3. The van der Waals surface area contributed by atoms with Gasteiger partial charge < -0.3 is 14.6 Å². The number of hydrogen-bond donors (Lipinski definition) is 1. The summed E-state index contributed by atoms with van der Waals surface area (Å²) in [5.74, 6) is -0.123. The SMILES string of the molecule is Cc1ccc2[nH]c(=O)c(CN(C[C@H]3CCCO3)C(=O)c3ccncc3)cc2c1. The molecule has 1 fully saturated rings. The number of amides is 1. The van der Waals surface area contributed by atoms with Gasteiger partial charge in [-0.25, -0.2) is 0 Å². The molecule has 4 rings (SSSR count). The van der Waals surface area contributed by atoms with Gasteiger partial charge in [0.1, 0.15) is 0 Å². The summed E-state index contributed by atoms with van der Waals surface area (Å²) in [4.78, 5) is 34.3. The quantitative estimate of drug-likeness (QED) is 0.742. The Hall–Kier alpha value is -2.99. The minimum atomic E-state index is -0.170. The number of benzene rings is 1. The molecule has 6 nitrogen and oxygen atoms in total. The van der Waals surface area contributed by atoms with Gasteiger partial charge in [0.15, 0.2) is 0 Å². The average molecular weight is 377 g/mol. The van der Waals surface area contributed by atoms with Crippen LogP contribution in [-0.4, -0.2) is 40.0 Å². The highest BCUT2D eigenvalue weighted by atomic mass is 16.5. The fourth-order valence-electron chi connectivity index (χ4n) is 3.62. The van der Waals surface area contributed by atoms with E-state index in [0.717, 1.165) is 35.9 Å². The van der Waals surface area contributed by atoms with Crippen LogP contribution < -0.4 is 5.56 Å². The van der Waals surface area contributed by atoms with Crippen molar-refractivity contribution < 1.29 is 9.53 Å². The molecule has 6 heteroatoms. The fourth-order valence-corrected chi connectivity index (χ4v) is 3.62. The standard InChI is InChI=1S/C22H23N3O3/c1-15-4-5-20-17(11-15)12-18(21(26)24-20)13-25(14-19-3-2-10-28-19)22(27)16-6-8-23-9-7-16/h4-9,11-12,19H,2-3,10,13-14H2,1H3,(H,24,26)/t19-/m1/s1. The number of aryl methyl sites for hydroxylation is 1. The molecule has 0 aliphatic carbocycles. The first-order valence-corrected chi connectivity index (χ1v) is 9.53. The molecule has 0 saturated carbocycles. The van der Waals surface area contributed by atoms with Crippen molar-refractivity contribution in [2.24, 2.45) is 0 Å². The highest BCUT2D eigenvalue weighted by molar-refractivity contribution is 5.94. The molecule has 1 N–H and O–H groups in total. The van der Waals surface area contributed by atoms with E-state index >= 15 is 0 Å². The summed E-state index contributed by atoms with van der Waals surface area (Å²) in [5, 5.41) is 0.961.